The van der Waals surface area contributed by atoms with Crippen LogP contribution in [-0.2, 0) is 4.79 Å². The molecule has 0 atom stereocenters. The van der Waals surface area contributed by atoms with E-state index in [2.05, 4.69) is 20.5 Å². The van der Waals surface area contributed by atoms with E-state index in [1.807, 2.05) is 24.5 Å². The van der Waals surface area contributed by atoms with Crippen LogP contribution < -0.4 is 5.32 Å². The normalized spacial score (nSPS) is 11.0. The number of anilines is 1. The zero-order chi connectivity index (χ0) is 17.8. The largest absolute Gasteiger partial charge is 0.461 e. The van der Waals surface area contributed by atoms with Gasteiger partial charge in [-0.3, -0.25) is 9.36 Å². The number of hydrogen-bond acceptors (Lipinski definition) is 6. The third-order valence-corrected chi connectivity index (χ3v) is 4.42. The van der Waals surface area contributed by atoms with Gasteiger partial charge in [0.2, 0.25) is 11.7 Å². The van der Waals surface area contributed by atoms with Gasteiger partial charge in [-0.15, -0.1) is 10.2 Å². The average molecular weight is 378 g/mol. The zero-order valence-electron chi connectivity index (χ0n) is 13.6. The van der Waals surface area contributed by atoms with E-state index in [0.717, 1.165) is 0 Å². The van der Waals surface area contributed by atoms with Crippen LogP contribution in [0.25, 0.3) is 11.6 Å². The average Bonchev–Trinajstić information content (AvgIpc) is 3.24. The number of amides is 1. The van der Waals surface area contributed by atoms with E-state index in [0.29, 0.717) is 27.6 Å². The van der Waals surface area contributed by atoms with E-state index in [1.165, 1.54) is 18.0 Å². The molecule has 0 radical (unpaired) electrons. The van der Waals surface area contributed by atoms with Gasteiger partial charge in [-0.1, -0.05) is 23.4 Å². The Hall–Kier alpha value is -2.32. The lowest BCUT2D eigenvalue weighted by Crippen LogP contribution is -2.15. The summed E-state index contributed by atoms with van der Waals surface area (Å²) in [5.41, 5.74) is 0. The van der Waals surface area contributed by atoms with E-state index in [9.17, 15) is 4.79 Å². The Kier molecular flexibility index (Phi) is 5.40. The van der Waals surface area contributed by atoms with Crippen LogP contribution in [0.3, 0.4) is 0 Å². The summed E-state index contributed by atoms with van der Waals surface area (Å²) in [6.07, 6.45) is 3.07. The third kappa shape index (κ3) is 4.21. The van der Waals surface area contributed by atoms with Crippen molar-refractivity contribution < 1.29 is 9.21 Å². The third-order valence-electron chi connectivity index (χ3n) is 3.25. The number of thioether (sulfide) groups is 1. The number of carbonyl (C=O) groups is 1. The molecule has 25 heavy (non-hydrogen) atoms. The van der Waals surface area contributed by atoms with E-state index < -0.39 is 0 Å². The van der Waals surface area contributed by atoms with Gasteiger partial charge in [-0.05, 0) is 38.1 Å². The fourth-order valence-electron chi connectivity index (χ4n) is 2.17. The summed E-state index contributed by atoms with van der Waals surface area (Å²) in [5.74, 6) is 1.74. The van der Waals surface area contributed by atoms with Crippen molar-refractivity contribution in [1.82, 2.24) is 19.7 Å². The summed E-state index contributed by atoms with van der Waals surface area (Å²) in [6, 6.07) is 7.07. The fraction of sp³-hybridized carbons (Fsp3) is 0.250. The molecule has 0 aliphatic rings. The molecule has 7 nitrogen and oxygen atoms in total. The van der Waals surface area contributed by atoms with Gasteiger partial charge in [-0.2, -0.15) is 0 Å². The van der Waals surface area contributed by atoms with Crippen molar-refractivity contribution >= 4 is 35.1 Å². The number of aromatic nitrogens is 4. The fourth-order valence-corrected chi connectivity index (χ4v) is 3.15. The van der Waals surface area contributed by atoms with Crippen molar-refractivity contribution in [3.63, 3.8) is 0 Å². The Morgan fingerprint density at radius 1 is 1.36 bits per heavy atom. The highest BCUT2D eigenvalue weighted by atomic mass is 35.5. The van der Waals surface area contributed by atoms with Gasteiger partial charge in [0.05, 0.1) is 17.0 Å². The molecule has 0 bridgehead atoms. The molecule has 0 aliphatic carbocycles. The Morgan fingerprint density at radius 2 is 2.20 bits per heavy atom. The van der Waals surface area contributed by atoms with Gasteiger partial charge in [0, 0.05) is 12.2 Å². The molecule has 0 saturated carbocycles. The van der Waals surface area contributed by atoms with E-state index in [4.69, 9.17) is 16.0 Å². The maximum absolute atomic E-state index is 12.1. The lowest BCUT2D eigenvalue weighted by atomic mass is 10.3. The number of hydrogen-bond donors (Lipinski definition) is 1. The minimum absolute atomic E-state index is 0.124. The monoisotopic (exact) mass is 377 g/mol. The van der Waals surface area contributed by atoms with Crippen molar-refractivity contribution in [3.05, 3.63) is 41.7 Å². The molecule has 0 spiro atoms. The van der Waals surface area contributed by atoms with Gasteiger partial charge in [0.1, 0.15) is 5.82 Å². The van der Waals surface area contributed by atoms with E-state index in [1.54, 1.807) is 24.5 Å². The Labute approximate surface area is 153 Å². The van der Waals surface area contributed by atoms with Gasteiger partial charge in [-0.25, -0.2) is 4.98 Å². The Morgan fingerprint density at radius 3 is 2.84 bits per heavy atom. The number of carbonyl (C=O) groups excluding carboxylic acids is 1. The molecule has 3 aromatic heterocycles. The smallest absolute Gasteiger partial charge is 0.236 e. The van der Waals surface area contributed by atoms with Crippen LogP contribution in [-0.4, -0.2) is 31.4 Å². The predicted molar refractivity (Wildman–Crippen MR) is 96.7 cm³/mol. The van der Waals surface area contributed by atoms with Crippen LogP contribution in [0, 0.1) is 0 Å². The number of rotatable bonds is 6. The van der Waals surface area contributed by atoms with Crippen molar-refractivity contribution in [3.8, 4) is 11.6 Å². The van der Waals surface area contributed by atoms with Crippen LogP contribution >= 0.6 is 23.4 Å². The first-order chi connectivity index (χ1) is 12.0. The molecule has 3 aromatic rings. The number of pyridine rings is 1. The lowest BCUT2D eigenvalue weighted by molar-refractivity contribution is -0.113. The quantitative estimate of drug-likeness (QED) is 0.655. The maximum Gasteiger partial charge on any atom is 0.236 e. The van der Waals surface area contributed by atoms with E-state index >= 15 is 0 Å². The van der Waals surface area contributed by atoms with Crippen LogP contribution in [0.5, 0.6) is 0 Å². The minimum Gasteiger partial charge on any atom is -0.461 e. The highest BCUT2D eigenvalue weighted by molar-refractivity contribution is 7.99. The second kappa shape index (κ2) is 7.71. The molecule has 1 amide bonds. The highest BCUT2D eigenvalue weighted by Gasteiger charge is 2.19. The first kappa shape index (κ1) is 17.5. The summed E-state index contributed by atoms with van der Waals surface area (Å²) >= 11 is 7.08. The summed E-state index contributed by atoms with van der Waals surface area (Å²) in [4.78, 5) is 16.1. The number of furan rings is 1. The van der Waals surface area contributed by atoms with Crippen LogP contribution in [0.2, 0.25) is 5.02 Å². The van der Waals surface area contributed by atoms with Gasteiger partial charge in [0.25, 0.3) is 0 Å². The SMILES string of the molecule is CC(C)n1c(SCC(=O)Nc2ccc(Cl)cn2)nnc1-c1ccco1. The molecule has 9 heteroatoms. The summed E-state index contributed by atoms with van der Waals surface area (Å²) in [7, 11) is 0. The van der Waals surface area contributed by atoms with Crippen molar-refractivity contribution in [2.24, 2.45) is 0 Å². The number of nitrogens with zero attached hydrogens (tertiary/aromatic N) is 4. The van der Waals surface area contributed by atoms with Gasteiger partial charge >= 0.3 is 0 Å². The van der Waals surface area contributed by atoms with Crippen LogP contribution in [0.15, 0.2) is 46.3 Å². The molecule has 3 rings (SSSR count). The molecule has 0 aliphatic heterocycles. The first-order valence-corrected chi connectivity index (χ1v) is 8.94. The second-order valence-corrected chi connectivity index (χ2v) is 6.82. The highest BCUT2D eigenvalue weighted by Crippen LogP contribution is 2.27. The number of nitrogens with one attached hydrogen (secondary N) is 1. The maximum atomic E-state index is 12.1. The summed E-state index contributed by atoms with van der Waals surface area (Å²) in [5, 5.41) is 12.3. The van der Waals surface area contributed by atoms with Crippen molar-refractivity contribution in [2.45, 2.75) is 25.0 Å². The predicted octanol–water partition coefficient (Wildman–Crippen LogP) is 3.90. The molecule has 0 saturated heterocycles. The lowest BCUT2D eigenvalue weighted by Gasteiger charge is -2.12. The second-order valence-electron chi connectivity index (χ2n) is 5.45. The molecular weight excluding hydrogens is 362 g/mol. The van der Waals surface area contributed by atoms with Crippen LogP contribution in [0.4, 0.5) is 5.82 Å². The molecular formula is C16H16ClN5O2S. The minimum atomic E-state index is -0.183. The summed E-state index contributed by atoms with van der Waals surface area (Å²) in [6.45, 7) is 4.05. The molecule has 0 unspecified atom stereocenters. The van der Waals surface area contributed by atoms with Crippen LogP contribution in [0.1, 0.15) is 19.9 Å². The zero-order valence-corrected chi connectivity index (χ0v) is 15.2. The first-order valence-electron chi connectivity index (χ1n) is 7.57. The Bertz CT molecular complexity index is 846. The standard InChI is InChI=1S/C16H16ClN5O2S/c1-10(2)22-15(12-4-3-7-24-12)20-21-16(22)25-9-14(23)19-13-6-5-11(17)8-18-13/h3-8,10H,9H2,1-2H3,(H,18,19,23). The Balaban J connectivity index is 1.68. The molecule has 3 heterocycles. The van der Waals surface area contributed by atoms with Crippen molar-refractivity contribution in [2.75, 3.05) is 11.1 Å². The summed E-state index contributed by atoms with van der Waals surface area (Å²) < 4.78 is 7.35. The molecule has 0 aromatic carbocycles. The molecule has 130 valence electrons. The van der Waals surface area contributed by atoms with Crippen molar-refractivity contribution in [1.29, 1.82) is 0 Å². The van der Waals surface area contributed by atoms with Gasteiger partial charge < -0.3 is 9.73 Å². The number of halogens is 1. The van der Waals surface area contributed by atoms with Gasteiger partial charge in [0.15, 0.2) is 10.9 Å². The van der Waals surface area contributed by atoms with E-state index in [-0.39, 0.29) is 17.7 Å². The molecule has 1 N–H and O–H groups in total. The molecule has 0 fully saturated rings. The topological polar surface area (TPSA) is 85.8 Å².